The largest absolute Gasteiger partial charge is 0.481 e. The molecule has 0 aliphatic carbocycles. The van der Waals surface area contributed by atoms with Gasteiger partial charge in [0.1, 0.15) is 5.60 Å². The van der Waals surface area contributed by atoms with Crippen molar-refractivity contribution in [3.63, 3.8) is 0 Å². The molecule has 1 N–H and O–H groups in total. The van der Waals surface area contributed by atoms with Crippen LogP contribution in [0, 0.1) is 5.92 Å². The average Bonchev–Trinajstić information content (AvgIpc) is 2.10. The zero-order valence-electron chi connectivity index (χ0n) is 10.6. The molecule has 0 aromatic rings. The van der Waals surface area contributed by atoms with E-state index in [0.29, 0.717) is 6.54 Å². The predicted molar refractivity (Wildman–Crippen MR) is 60.3 cm³/mol. The Morgan fingerprint density at radius 2 is 1.88 bits per heavy atom. The summed E-state index contributed by atoms with van der Waals surface area (Å²) < 4.78 is 5.17. The fourth-order valence-corrected chi connectivity index (χ4v) is 1.07. The zero-order valence-corrected chi connectivity index (χ0v) is 10.6. The lowest BCUT2D eigenvalue weighted by Gasteiger charge is -2.27. The van der Waals surface area contributed by atoms with Gasteiger partial charge in [0.15, 0.2) is 0 Å². The number of carboxylic acids is 1. The van der Waals surface area contributed by atoms with Crippen LogP contribution in [-0.4, -0.2) is 40.8 Å². The minimum Gasteiger partial charge on any atom is -0.481 e. The molecular formula is C11H21NO4. The molecule has 16 heavy (non-hydrogen) atoms. The van der Waals surface area contributed by atoms with Gasteiger partial charge in [-0.2, -0.15) is 0 Å². The number of rotatable bonds is 4. The van der Waals surface area contributed by atoms with Crippen molar-refractivity contribution in [3.05, 3.63) is 0 Å². The molecule has 0 fully saturated rings. The van der Waals surface area contributed by atoms with Gasteiger partial charge >= 0.3 is 12.1 Å². The Balaban J connectivity index is 4.39. The normalized spacial score (nSPS) is 13.1. The number of amides is 1. The highest BCUT2D eigenvalue weighted by atomic mass is 16.6. The molecule has 5 nitrogen and oxygen atoms in total. The van der Waals surface area contributed by atoms with Crippen molar-refractivity contribution in [1.29, 1.82) is 0 Å². The summed E-state index contributed by atoms with van der Waals surface area (Å²) in [6.45, 7) is 9.29. The number of ether oxygens (including phenoxy) is 1. The van der Waals surface area contributed by atoms with Gasteiger partial charge in [0.25, 0.3) is 0 Å². The molecule has 1 atom stereocenters. The molecule has 5 heteroatoms. The predicted octanol–water partition coefficient (Wildman–Crippen LogP) is 1.96. The van der Waals surface area contributed by atoms with Gasteiger partial charge in [-0.3, -0.25) is 4.79 Å². The van der Waals surface area contributed by atoms with Crippen LogP contribution in [0.5, 0.6) is 0 Å². The SMILES string of the molecule is CCN(C[C@H](C)C(=O)O)C(=O)OC(C)(C)C. The number of carboxylic acid groups (broad SMARTS) is 1. The average molecular weight is 231 g/mol. The van der Waals surface area contributed by atoms with E-state index in [-0.39, 0.29) is 6.54 Å². The first-order valence-corrected chi connectivity index (χ1v) is 5.38. The highest BCUT2D eigenvalue weighted by Crippen LogP contribution is 2.11. The van der Waals surface area contributed by atoms with Gasteiger partial charge in [-0.05, 0) is 27.7 Å². The molecule has 0 aliphatic heterocycles. The third kappa shape index (κ3) is 5.58. The van der Waals surface area contributed by atoms with Gasteiger partial charge in [-0.25, -0.2) is 4.79 Å². The highest BCUT2D eigenvalue weighted by Gasteiger charge is 2.24. The van der Waals surface area contributed by atoms with Crippen LogP contribution >= 0.6 is 0 Å². The highest BCUT2D eigenvalue weighted by molar-refractivity contribution is 5.72. The Hall–Kier alpha value is -1.26. The fraction of sp³-hybridized carbons (Fsp3) is 0.818. The summed E-state index contributed by atoms with van der Waals surface area (Å²) in [6, 6.07) is 0. The first-order chi connectivity index (χ1) is 7.17. The number of hydrogen-bond acceptors (Lipinski definition) is 3. The second kappa shape index (κ2) is 5.72. The van der Waals surface area contributed by atoms with Crippen molar-refractivity contribution < 1.29 is 19.4 Å². The lowest BCUT2D eigenvalue weighted by Crippen LogP contribution is -2.40. The van der Waals surface area contributed by atoms with Gasteiger partial charge < -0.3 is 14.7 Å². The monoisotopic (exact) mass is 231 g/mol. The molecule has 0 saturated heterocycles. The van der Waals surface area contributed by atoms with Crippen LogP contribution in [0.4, 0.5) is 4.79 Å². The molecule has 0 aromatic carbocycles. The van der Waals surface area contributed by atoms with Crippen LogP contribution in [-0.2, 0) is 9.53 Å². The molecule has 0 radical (unpaired) electrons. The van der Waals surface area contributed by atoms with E-state index in [0.717, 1.165) is 0 Å². The number of hydrogen-bond donors (Lipinski definition) is 1. The summed E-state index contributed by atoms with van der Waals surface area (Å²) in [7, 11) is 0. The number of nitrogens with zero attached hydrogens (tertiary/aromatic N) is 1. The van der Waals surface area contributed by atoms with Crippen molar-refractivity contribution in [1.82, 2.24) is 4.90 Å². The molecule has 0 aliphatic rings. The second-order valence-corrected chi connectivity index (χ2v) is 4.76. The van der Waals surface area contributed by atoms with Crippen LogP contribution in [0.25, 0.3) is 0 Å². The summed E-state index contributed by atoms with van der Waals surface area (Å²) >= 11 is 0. The summed E-state index contributed by atoms with van der Waals surface area (Å²) in [4.78, 5) is 23.7. The molecule has 0 saturated carbocycles. The van der Waals surface area contributed by atoms with Crippen LogP contribution in [0.15, 0.2) is 0 Å². The van der Waals surface area contributed by atoms with E-state index in [9.17, 15) is 9.59 Å². The van der Waals surface area contributed by atoms with Gasteiger partial charge in [0.05, 0.1) is 5.92 Å². The molecule has 94 valence electrons. The topological polar surface area (TPSA) is 66.8 Å². The van der Waals surface area contributed by atoms with Crippen molar-refractivity contribution in [3.8, 4) is 0 Å². The van der Waals surface area contributed by atoms with E-state index in [1.165, 1.54) is 4.90 Å². The molecule has 1 amide bonds. The molecular weight excluding hydrogens is 210 g/mol. The Kier molecular flexibility index (Phi) is 5.27. The molecule has 0 bridgehead atoms. The first-order valence-electron chi connectivity index (χ1n) is 5.38. The lowest BCUT2D eigenvalue weighted by atomic mass is 10.2. The van der Waals surface area contributed by atoms with Crippen molar-refractivity contribution in [2.45, 2.75) is 40.2 Å². The zero-order chi connectivity index (χ0) is 12.9. The Morgan fingerprint density at radius 3 is 2.19 bits per heavy atom. The maximum atomic E-state index is 11.7. The Morgan fingerprint density at radius 1 is 1.38 bits per heavy atom. The molecule has 0 heterocycles. The van der Waals surface area contributed by atoms with Gasteiger partial charge in [-0.1, -0.05) is 6.92 Å². The quantitative estimate of drug-likeness (QED) is 0.803. The molecule has 0 aromatic heterocycles. The minimum atomic E-state index is -0.915. The third-order valence-electron chi connectivity index (χ3n) is 1.95. The maximum Gasteiger partial charge on any atom is 0.410 e. The van der Waals surface area contributed by atoms with E-state index in [1.54, 1.807) is 34.6 Å². The number of carbonyl (C=O) groups is 2. The summed E-state index contributed by atoms with van der Waals surface area (Å²) in [5.41, 5.74) is -0.559. The summed E-state index contributed by atoms with van der Waals surface area (Å²) in [5, 5.41) is 8.76. The van der Waals surface area contributed by atoms with E-state index in [1.807, 2.05) is 0 Å². The standard InChI is InChI=1S/C11H21NO4/c1-6-12(7-8(2)9(13)14)10(15)16-11(3,4)5/h8H,6-7H2,1-5H3,(H,13,14)/t8-/m0/s1. The van der Waals surface area contributed by atoms with Gasteiger partial charge in [0, 0.05) is 13.1 Å². The van der Waals surface area contributed by atoms with E-state index in [4.69, 9.17) is 9.84 Å². The van der Waals surface area contributed by atoms with Crippen LogP contribution in [0.2, 0.25) is 0 Å². The second-order valence-electron chi connectivity index (χ2n) is 4.76. The van der Waals surface area contributed by atoms with Gasteiger partial charge in [0.2, 0.25) is 0 Å². The fourth-order valence-electron chi connectivity index (χ4n) is 1.07. The lowest BCUT2D eigenvalue weighted by molar-refractivity contribution is -0.141. The number of aliphatic carboxylic acids is 1. The minimum absolute atomic E-state index is 0.167. The Bertz CT molecular complexity index is 257. The van der Waals surface area contributed by atoms with Gasteiger partial charge in [-0.15, -0.1) is 0 Å². The van der Waals surface area contributed by atoms with E-state index < -0.39 is 23.6 Å². The summed E-state index contributed by atoms with van der Waals surface area (Å²) in [5.74, 6) is -1.51. The van der Waals surface area contributed by atoms with Crippen LogP contribution in [0.3, 0.4) is 0 Å². The van der Waals surface area contributed by atoms with E-state index in [2.05, 4.69) is 0 Å². The maximum absolute atomic E-state index is 11.7. The van der Waals surface area contributed by atoms with Crippen LogP contribution < -0.4 is 0 Å². The number of carbonyl (C=O) groups excluding carboxylic acids is 1. The molecule has 0 unspecified atom stereocenters. The van der Waals surface area contributed by atoms with Crippen molar-refractivity contribution >= 4 is 12.1 Å². The Labute approximate surface area is 96.4 Å². The smallest absolute Gasteiger partial charge is 0.410 e. The van der Waals surface area contributed by atoms with E-state index >= 15 is 0 Å². The third-order valence-corrected chi connectivity index (χ3v) is 1.95. The molecule has 0 spiro atoms. The van der Waals surface area contributed by atoms with Crippen LogP contribution in [0.1, 0.15) is 34.6 Å². The summed E-state index contributed by atoms with van der Waals surface area (Å²) in [6.07, 6.45) is -0.469. The van der Waals surface area contributed by atoms with Crippen molar-refractivity contribution in [2.24, 2.45) is 5.92 Å². The first kappa shape index (κ1) is 14.7. The van der Waals surface area contributed by atoms with Crippen molar-refractivity contribution in [2.75, 3.05) is 13.1 Å². The molecule has 0 rings (SSSR count).